The van der Waals surface area contributed by atoms with Crippen LogP contribution in [0, 0.1) is 35.4 Å². The second-order valence-electron chi connectivity index (χ2n) is 14.8. The number of carbonyl (C=O) groups excluding carboxylic acids is 3. The van der Waals surface area contributed by atoms with Gasteiger partial charge in [0.1, 0.15) is 42.5 Å². The van der Waals surface area contributed by atoms with Gasteiger partial charge in [0, 0.05) is 60.6 Å². The van der Waals surface area contributed by atoms with Crippen LogP contribution >= 0.6 is 11.8 Å². The number of nitriles is 1. The average Bonchev–Trinajstić information content (AvgIpc) is 3.80. The molecule has 2 fully saturated rings. The van der Waals surface area contributed by atoms with E-state index in [-0.39, 0.29) is 77.4 Å². The molecular weight excluding hydrogens is 840 g/mol. The van der Waals surface area contributed by atoms with Crippen LogP contribution in [0.5, 0.6) is 5.75 Å². The molecule has 0 radical (unpaired) electrons. The first-order valence-corrected chi connectivity index (χ1v) is 20.9. The van der Waals surface area contributed by atoms with Crippen LogP contribution in [0.4, 0.5) is 18.9 Å². The number of hydrogen-bond acceptors (Lipinski definition) is 12. The molecule has 1 amide bonds. The molecule has 2 atom stereocenters. The molecule has 3 aromatic carbocycles. The molecule has 2 aliphatic rings. The van der Waals surface area contributed by atoms with Crippen LogP contribution in [0.25, 0.3) is 10.9 Å². The summed E-state index contributed by atoms with van der Waals surface area (Å²) in [6, 6.07) is 11.9. The van der Waals surface area contributed by atoms with Gasteiger partial charge >= 0.3 is 5.97 Å². The van der Waals surface area contributed by atoms with Crippen LogP contribution in [-0.2, 0) is 42.6 Å². The van der Waals surface area contributed by atoms with E-state index in [4.69, 9.17) is 30.8 Å². The lowest BCUT2D eigenvalue weighted by molar-refractivity contribution is -0.147. The third kappa shape index (κ3) is 11.8. The molecule has 0 unspecified atom stereocenters. The summed E-state index contributed by atoms with van der Waals surface area (Å²) in [5, 5.41) is 12.1. The van der Waals surface area contributed by atoms with Crippen molar-refractivity contribution in [1.82, 2.24) is 24.6 Å². The number of esters is 1. The van der Waals surface area contributed by atoms with Gasteiger partial charge < -0.3 is 28.7 Å². The quantitative estimate of drug-likeness (QED) is 0.0484. The Morgan fingerprint density at radius 3 is 2.51 bits per heavy atom. The largest absolute Gasteiger partial charge is 0.490 e. The lowest BCUT2D eigenvalue weighted by atomic mass is 9.89. The minimum atomic E-state index is -1.82. The van der Waals surface area contributed by atoms with Crippen molar-refractivity contribution in [3.63, 3.8) is 0 Å². The highest BCUT2D eigenvalue weighted by Crippen LogP contribution is 2.46. The van der Waals surface area contributed by atoms with Gasteiger partial charge in [0.25, 0.3) is 0 Å². The van der Waals surface area contributed by atoms with Crippen molar-refractivity contribution < 1.29 is 46.5 Å². The van der Waals surface area contributed by atoms with E-state index in [1.165, 1.54) is 65.5 Å². The highest BCUT2D eigenvalue weighted by atomic mass is 32.2. The Morgan fingerprint density at radius 1 is 1.06 bits per heavy atom. The Labute approximate surface area is 366 Å². The molecule has 2 saturated heterocycles. The number of aldehydes is 1. The first-order valence-electron chi connectivity index (χ1n) is 19.9. The van der Waals surface area contributed by atoms with Crippen LogP contribution in [0.3, 0.4) is 0 Å². The van der Waals surface area contributed by atoms with Crippen molar-refractivity contribution in [2.75, 3.05) is 46.4 Å². The number of aromatic nitrogens is 3. The summed E-state index contributed by atoms with van der Waals surface area (Å²) in [5.74, 6) is -3.42. The first-order chi connectivity index (χ1) is 30.4. The molecule has 6 rings (SSSR count). The fourth-order valence-corrected chi connectivity index (χ4v) is 8.40. The number of nitrogens with zero attached hydrogens (tertiary/aromatic N) is 7. The third-order valence-electron chi connectivity index (χ3n) is 10.6. The van der Waals surface area contributed by atoms with Crippen LogP contribution in [-0.4, -0.2) is 106 Å². The van der Waals surface area contributed by atoms with Gasteiger partial charge in [0.05, 0.1) is 55.2 Å². The molecular formula is C45H44F3N7O7S. The molecule has 18 heteroatoms. The van der Waals surface area contributed by atoms with Crippen LogP contribution < -0.4 is 4.74 Å². The van der Waals surface area contributed by atoms with Gasteiger partial charge in [0.2, 0.25) is 11.6 Å². The van der Waals surface area contributed by atoms with Crippen molar-refractivity contribution in [2.24, 2.45) is 0 Å². The topological polar surface area (TPSA) is 153 Å². The zero-order valence-electron chi connectivity index (χ0n) is 34.5. The zero-order valence-corrected chi connectivity index (χ0v) is 35.3. The molecule has 1 aromatic heterocycles. The average molecular weight is 884 g/mol. The second-order valence-corrected chi connectivity index (χ2v) is 16.4. The smallest absolute Gasteiger partial charge is 0.306 e. The van der Waals surface area contributed by atoms with E-state index >= 15 is 4.39 Å². The number of carbonyl (C=O) groups is 3. The van der Waals surface area contributed by atoms with Gasteiger partial charge in [-0.25, -0.2) is 27.7 Å². The van der Waals surface area contributed by atoms with Gasteiger partial charge in [-0.2, -0.15) is 10.4 Å². The Kier molecular flexibility index (Phi) is 15.9. The molecule has 0 aliphatic carbocycles. The van der Waals surface area contributed by atoms with Gasteiger partial charge in [-0.15, -0.1) is 11.8 Å². The molecule has 0 N–H and O–H groups in total. The minimum absolute atomic E-state index is 0.0488. The zero-order chi connectivity index (χ0) is 44.9. The predicted molar refractivity (Wildman–Crippen MR) is 226 cm³/mol. The summed E-state index contributed by atoms with van der Waals surface area (Å²) < 4.78 is 70.6. The summed E-state index contributed by atoms with van der Waals surface area (Å²) in [5.41, 5.74) is -1.49. The molecule has 2 aliphatic heterocycles. The highest BCUT2D eigenvalue weighted by Gasteiger charge is 2.46. The molecule has 328 valence electrons. The normalized spacial score (nSPS) is 18.4. The van der Waals surface area contributed by atoms with E-state index in [1.54, 1.807) is 30.1 Å². The maximum atomic E-state index is 16.2. The van der Waals surface area contributed by atoms with Crippen LogP contribution in [0.15, 0.2) is 79.4 Å². The van der Waals surface area contributed by atoms with E-state index in [0.29, 0.717) is 31.0 Å². The summed E-state index contributed by atoms with van der Waals surface area (Å²) in [6.07, 6.45) is 8.54. The van der Waals surface area contributed by atoms with Gasteiger partial charge in [-0.05, 0) is 44.3 Å². The standard InChI is InChI=1S/C45H44F3N7O7S/c1-30(63-35-25-60-43(61-26-35)7-5-4-6-32-9-8-31(22-49)20-38(32)47)45(27-55-29-51-28-52-55,37-12-11-34(46)21-39(37)48)62-44-36(23-56)33(10-13-40(44)50-2)24-59-42(58)15-14-41(57)54-18-16-53(3)17-19-54/h4-13,20-21,23,28-30,35,43H,14-19,24-27H2,1,3H3/t30-,35?,43?,45-/m1/s1. The van der Waals surface area contributed by atoms with Crippen molar-refractivity contribution in [3.8, 4) is 11.8 Å². The number of halogens is 3. The minimum Gasteiger partial charge on any atom is -0.490 e. The Balaban J connectivity index is 1.23. The van der Waals surface area contributed by atoms with E-state index < -0.39 is 47.2 Å². The van der Waals surface area contributed by atoms with E-state index in [0.717, 1.165) is 25.2 Å². The number of ether oxygens (including phenoxy) is 4. The van der Waals surface area contributed by atoms with E-state index in [9.17, 15) is 23.2 Å². The monoisotopic (exact) mass is 883 g/mol. The van der Waals surface area contributed by atoms with Crippen molar-refractivity contribution in [3.05, 3.63) is 136 Å². The van der Waals surface area contributed by atoms with Crippen LogP contribution in [0.1, 0.15) is 52.4 Å². The molecule has 63 heavy (non-hydrogen) atoms. The van der Waals surface area contributed by atoms with E-state index in [1.807, 2.05) is 13.1 Å². The number of likely N-dealkylation sites (N-methyl/N-ethyl adjacent to an activating group) is 1. The van der Waals surface area contributed by atoms with Crippen molar-refractivity contribution in [2.45, 2.75) is 55.3 Å². The van der Waals surface area contributed by atoms with E-state index in [2.05, 4.69) is 19.8 Å². The number of hydrogen-bond donors (Lipinski definition) is 0. The van der Waals surface area contributed by atoms with Crippen molar-refractivity contribution in [1.29, 1.82) is 5.26 Å². The molecule has 3 heterocycles. The first kappa shape index (κ1) is 46.2. The molecule has 0 spiro atoms. The summed E-state index contributed by atoms with van der Waals surface area (Å²) in [6.45, 7) is 12.0. The predicted octanol–water partition coefficient (Wildman–Crippen LogP) is 6.64. The summed E-state index contributed by atoms with van der Waals surface area (Å²) in [7, 11) is 1.97. The third-order valence-corrected chi connectivity index (χ3v) is 12.0. The number of allylic oxidation sites excluding steroid dienone is 2. The maximum absolute atomic E-state index is 16.2. The maximum Gasteiger partial charge on any atom is 0.306 e. The number of piperazine rings is 1. The van der Waals surface area contributed by atoms with Crippen LogP contribution in [0.2, 0.25) is 0 Å². The second kappa shape index (κ2) is 21.7. The summed E-state index contributed by atoms with van der Waals surface area (Å²) >= 11 is 1.30. The molecule has 0 saturated carbocycles. The Hall–Kier alpha value is -6.31. The SMILES string of the molecule is [C-]#[N+]c1ccc(COC(=O)CCC(=O)N2CCN(C)CC2)c(C=O)c1O[C@@](Cn1cncn1)(c1ccc(F)cc1F)[C@@H](C)SC1COC(C=CC=Cc2ccc(C#N)cc2F)OC1. The fraction of sp³-hybridized carbons (Fsp3) is 0.356. The lowest BCUT2D eigenvalue weighted by Crippen LogP contribution is -2.48. The lowest BCUT2D eigenvalue weighted by Gasteiger charge is -2.42. The number of rotatable bonds is 17. The van der Waals surface area contributed by atoms with Crippen molar-refractivity contribution >= 4 is 41.7 Å². The van der Waals surface area contributed by atoms with Gasteiger partial charge in [0.15, 0.2) is 18.2 Å². The van der Waals surface area contributed by atoms with Gasteiger partial charge in [-0.3, -0.25) is 14.4 Å². The Bertz CT molecular complexity index is 2410. The number of benzene rings is 3. The van der Waals surface area contributed by atoms with Gasteiger partial charge in [-0.1, -0.05) is 36.4 Å². The molecule has 0 bridgehead atoms. The number of thioether (sulfide) groups is 1. The highest BCUT2D eigenvalue weighted by molar-refractivity contribution is 8.00. The summed E-state index contributed by atoms with van der Waals surface area (Å²) in [4.78, 5) is 50.0. The molecule has 4 aromatic rings. The Morgan fingerprint density at radius 2 is 1.84 bits per heavy atom. The number of amides is 1. The molecule has 14 nitrogen and oxygen atoms in total. The fourth-order valence-electron chi connectivity index (χ4n) is 7.04.